The van der Waals surface area contributed by atoms with E-state index in [0.717, 1.165) is 0 Å². The van der Waals surface area contributed by atoms with Gasteiger partial charge in [-0.3, -0.25) is 9.59 Å². The van der Waals surface area contributed by atoms with Crippen molar-refractivity contribution in [2.24, 2.45) is 5.41 Å². The van der Waals surface area contributed by atoms with Gasteiger partial charge in [0.1, 0.15) is 0 Å². The van der Waals surface area contributed by atoms with Gasteiger partial charge in [0.15, 0.2) is 5.41 Å². The topological polar surface area (TPSA) is 74.6 Å². The number of carbonyl (C=O) groups is 2. The number of rotatable bonds is 3. The van der Waals surface area contributed by atoms with Crippen LogP contribution < -0.4 is 0 Å². The van der Waals surface area contributed by atoms with Gasteiger partial charge in [-0.1, -0.05) is 51.1 Å². The second-order valence-electron chi connectivity index (χ2n) is 4.98. The van der Waals surface area contributed by atoms with Crippen molar-refractivity contribution in [1.29, 1.82) is 0 Å². The van der Waals surface area contributed by atoms with E-state index in [0.29, 0.717) is 0 Å². The summed E-state index contributed by atoms with van der Waals surface area (Å²) in [6, 6.07) is 8.07. The van der Waals surface area contributed by atoms with Crippen molar-refractivity contribution >= 4 is 30.8 Å². The summed E-state index contributed by atoms with van der Waals surface area (Å²) < 4.78 is 0. The molecule has 94 valence electrons. The van der Waals surface area contributed by atoms with Gasteiger partial charge in [-0.25, -0.2) is 0 Å². The number of carboxylic acids is 2. The Morgan fingerprint density at radius 1 is 0.944 bits per heavy atom. The number of carboxylic acid groups (broad SMARTS) is 2. The predicted octanol–water partition coefficient (Wildman–Crippen LogP) is 1.49. The first-order valence-electron chi connectivity index (χ1n) is 5.27. The van der Waals surface area contributed by atoms with E-state index in [1.165, 1.54) is 12.1 Å². The molecule has 2 N–H and O–H groups in total. The van der Waals surface area contributed by atoms with E-state index in [4.69, 9.17) is 0 Å². The fourth-order valence-electron chi connectivity index (χ4n) is 2.10. The Morgan fingerprint density at radius 2 is 1.33 bits per heavy atom. The molecule has 0 atom stereocenters. The number of benzene rings is 1. The third-order valence-corrected chi connectivity index (χ3v) is 2.97. The van der Waals surface area contributed by atoms with Crippen LogP contribution in [0.3, 0.4) is 0 Å². The molecule has 0 aliphatic rings. The van der Waals surface area contributed by atoms with Crippen molar-refractivity contribution in [3.8, 4) is 0 Å². The van der Waals surface area contributed by atoms with E-state index < -0.39 is 22.8 Å². The van der Waals surface area contributed by atoms with Gasteiger partial charge in [-0.15, -0.1) is 0 Å². The molecule has 0 radical (unpaired) electrons. The first kappa shape index (κ1) is 16.8. The zero-order valence-electron chi connectivity index (χ0n) is 10.1. The molecular weight excluding hydrogens is 227 g/mol. The standard InChI is InChI=1S/C13H16O4.Li.H/c1-12(2,3)13(10(14)15,11(16)17)9-7-5-4-6-8-9;;/h4-8H,1-3H3,(H,14,15)(H,16,17);;. The molecule has 1 aromatic rings. The van der Waals surface area contributed by atoms with Gasteiger partial charge in [-0.05, 0) is 11.0 Å². The van der Waals surface area contributed by atoms with Crippen LogP contribution >= 0.6 is 0 Å². The monoisotopic (exact) mass is 244 g/mol. The van der Waals surface area contributed by atoms with Crippen LogP contribution in [0.25, 0.3) is 0 Å². The van der Waals surface area contributed by atoms with Crippen molar-refractivity contribution < 1.29 is 19.8 Å². The zero-order chi connectivity index (χ0) is 13.3. The van der Waals surface area contributed by atoms with Crippen molar-refractivity contribution in [2.75, 3.05) is 0 Å². The fraction of sp³-hybridized carbons (Fsp3) is 0.385. The summed E-state index contributed by atoms with van der Waals surface area (Å²) in [6.07, 6.45) is 0. The maximum absolute atomic E-state index is 11.5. The molecule has 18 heavy (non-hydrogen) atoms. The van der Waals surface area contributed by atoms with Crippen LogP contribution in [0.15, 0.2) is 30.3 Å². The molecule has 0 saturated carbocycles. The molecule has 0 aliphatic carbocycles. The van der Waals surface area contributed by atoms with E-state index in [1.54, 1.807) is 39.0 Å². The summed E-state index contributed by atoms with van der Waals surface area (Å²) in [6.45, 7) is 4.84. The van der Waals surface area contributed by atoms with Crippen LogP contribution in [0, 0.1) is 5.41 Å². The van der Waals surface area contributed by atoms with E-state index in [1.807, 2.05) is 0 Å². The molecular formula is C13H17LiO4. The maximum atomic E-state index is 11.5. The Balaban J connectivity index is 0.00000289. The molecule has 0 heterocycles. The quantitative estimate of drug-likeness (QED) is 0.624. The van der Waals surface area contributed by atoms with Crippen molar-refractivity contribution in [3.63, 3.8) is 0 Å². The van der Waals surface area contributed by atoms with Gasteiger partial charge in [0.2, 0.25) is 0 Å². The zero-order valence-corrected chi connectivity index (χ0v) is 10.1. The van der Waals surface area contributed by atoms with E-state index in [2.05, 4.69) is 0 Å². The van der Waals surface area contributed by atoms with Gasteiger partial charge in [0, 0.05) is 0 Å². The molecule has 0 aromatic heterocycles. The molecule has 1 aromatic carbocycles. The number of hydrogen-bond donors (Lipinski definition) is 2. The first-order valence-corrected chi connectivity index (χ1v) is 5.27. The number of aliphatic carboxylic acids is 2. The van der Waals surface area contributed by atoms with Crippen LogP contribution in [0.2, 0.25) is 0 Å². The Morgan fingerprint density at radius 3 is 1.61 bits per heavy atom. The normalized spacial score (nSPS) is 11.5. The van der Waals surface area contributed by atoms with E-state index in [-0.39, 0.29) is 24.4 Å². The second kappa shape index (κ2) is 5.60. The van der Waals surface area contributed by atoms with Gasteiger partial charge in [-0.2, -0.15) is 0 Å². The fourth-order valence-corrected chi connectivity index (χ4v) is 2.10. The van der Waals surface area contributed by atoms with Crippen molar-refractivity contribution in [3.05, 3.63) is 35.9 Å². The van der Waals surface area contributed by atoms with Gasteiger partial charge < -0.3 is 10.2 Å². The summed E-state index contributed by atoms with van der Waals surface area (Å²) in [5.41, 5.74) is -2.59. The molecule has 0 aliphatic heterocycles. The Hall–Kier alpha value is -1.24. The van der Waals surface area contributed by atoms with Crippen molar-refractivity contribution in [2.45, 2.75) is 26.2 Å². The average Bonchev–Trinajstić information content (AvgIpc) is 2.16. The van der Waals surface area contributed by atoms with Gasteiger partial charge in [0.05, 0.1) is 0 Å². The van der Waals surface area contributed by atoms with Crippen LogP contribution in [0.4, 0.5) is 0 Å². The van der Waals surface area contributed by atoms with E-state index in [9.17, 15) is 19.8 Å². The molecule has 0 saturated heterocycles. The predicted molar refractivity (Wildman–Crippen MR) is 70.0 cm³/mol. The Bertz CT molecular complexity index is 420. The van der Waals surface area contributed by atoms with Gasteiger partial charge >= 0.3 is 30.8 Å². The molecule has 0 spiro atoms. The molecule has 0 amide bonds. The van der Waals surface area contributed by atoms with Crippen LogP contribution in [0.1, 0.15) is 26.3 Å². The first-order chi connectivity index (χ1) is 7.74. The summed E-state index contributed by atoms with van der Waals surface area (Å²) in [7, 11) is 0. The minimum absolute atomic E-state index is 0. The summed E-state index contributed by atoms with van der Waals surface area (Å²) >= 11 is 0. The summed E-state index contributed by atoms with van der Waals surface area (Å²) in [5.74, 6) is -2.69. The van der Waals surface area contributed by atoms with Crippen LogP contribution in [-0.4, -0.2) is 41.0 Å². The van der Waals surface area contributed by atoms with Crippen molar-refractivity contribution in [1.82, 2.24) is 0 Å². The molecule has 4 nitrogen and oxygen atoms in total. The third kappa shape index (κ3) is 2.45. The molecule has 5 heteroatoms. The molecule has 0 fully saturated rings. The Labute approximate surface area is 118 Å². The third-order valence-electron chi connectivity index (χ3n) is 2.97. The average molecular weight is 244 g/mol. The summed E-state index contributed by atoms with van der Waals surface area (Å²) in [4.78, 5) is 23.1. The van der Waals surface area contributed by atoms with Gasteiger partial charge in [0.25, 0.3) is 0 Å². The van der Waals surface area contributed by atoms with Crippen LogP contribution in [-0.2, 0) is 15.0 Å². The summed E-state index contributed by atoms with van der Waals surface area (Å²) in [5, 5.41) is 18.8. The minimum atomic E-state index is -1.94. The van der Waals surface area contributed by atoms with Crippen LogP contribution in [0.5, 0.6) is 0 Å². The second-order valence-corrected chi connectivity index (χ2v) is 4.98. The molecule has 0 bridgehead atoms. The SMILES string of the molecule is CC(C)(C)C(C(=O)O)(C(=O)O)c1ccccc1.[LiH]. The molecule has 1 rings (SSSR count). The number of hydrogen-bond acceptors (Lipinski definition) is 2. The van der Waals surface area contributed by atoms with E-state index >= 15 is 0 Å². The Kier molecular flexibility index (Phi) is 5.21. The molecule has 0 unspecified atom stereocenters.